The fraction of sp³-hybridized carbons (Fsp3) is 0.240. The second-order valence-corrected chi connectivity index (χ2v) is 7.54. The molecule has 1 aliphatic carbocycles. The summed E-state index contributed by atoms with van der Waals surface area (Å²) >= 11 is 0. The zero-order valence-corrected chi connectivity index (χ0v) is 16.6. The zero-order valence-electron chi connectivity index (χ0n) is 16.6. The summed E-state index contributed by atoms with van der Waals surface area (Å²) in [7, 11) is 0. The van der Waals surface area contributed by atoms with Crippen LogP contribution in [0, 0.1) is 5.92 Å². The molecule has 1 aliphatic heterocycles. The third-order valence-electron chi connectivity index (χ3n) is 6.00. The molecular weight excluding hydrogens is 380 g/mol. The smallest absolute Gasteiger partial charge is 0.313 e. The van der Waals surface area contributed by atoms with E-state index in [0.717, 1.165) is 11.1 Å². The number of esters is 1. The van der Waals surface area contributed by atoms with E-state index in [4.69, 9.17) is 14.2 Å². The summed E-state index contributed by atoms with van der Waals surface area (Å²) in [5.74, 6) is -0.415. The molecule has 3 atom stereocenters. The SMILES string of the molecule is CCOC(=O)C1C(c2ccccc2)c2ccccc2C1(O)c1ccc2c(c1)OCO2. The summed E-state index contributed by atoms with van der Waals surface area (Å²) in [5.41, 5.74) is 1.60. The summed E-state index contributed by atoms with van der Waals surface area (Å²) in [5, 5.41) is 12.2. The molecule has 30 heavy (non-hydrogen) atoms. The number of rotatable bonds is 4. The van der Waals surface area contributed by atoms with E-state index in [2.05, 4.69) is 0 Å². The van der Waals surface area contributed by atoms with Crippen LogP contribution >= 0.6 is 0 Å². The van der Waals surface area contributed by atoms with Crippen molar-refractivity contribution in [1.29, 1.82) is 0 Å². The molecule has 2 aliphatic rings. The van der Waals surface area contributed by atoms with Gasteiger partial charge < -0.3 is 19.3 Å². The first-order chi connectivity index (χ1) is 14.6. The lowest BCUT2D eigenvalue weighted by molar-refractivity contribution is -0.156. The molecule has 3 aromatic rings. The Kier molecular flexibility index (Phi) is 4.48. The van der Waals surface area contributed by atoms with Crippen LogP contribution < -0.4 is 9.47 Å². The predicted molar refractivity (Wildman–Crippen MR) is 110 cm³/mol. The summed E-state index contributed by atoms with van der Waals surface area (Å²) in [4.78, 5) is 13.3. The first kappa shape index (κ1) is 18.7. The van der Waals surface area contributed by atoms with Crippen molar-refractivity contribution in [3.05, 3.63) is 95.1 Å². The van der Waals surface area contributed by atoms with E-state index in [0.29, 0.717) is 22.6 Å². The van der Waals surface area contributed by atoms with Crippen LogP contribution in [0.3, 0.4) is 0 Å². The van der Waals surface area contributed by atoms with Crippen molar-refractivity contribution in [3.8, 4) is 11.5 Å². The van der Waals surface area contributed by atoms with E-state index in [9.17, 15) is 9.90 Å². The molecule has 1 heterocycles. The summed E-state index contributed by atoms with van der Waals surface area (Å²) in [6, 6.07) is 22.8. The van der Waals surface area contributed by atoms with Crippen LogP contribution in [0.1, 0.15) is 35.1 Å². The molecule has 5 rings (SSSR count). The van der Waals surface area contributed by atoms with Gasteiger partial charge in [0.15, 0.2) is 11.5 Å². The molecule has 5 heteroatoms. The molecule has 3 unspecified atom stereocenters. The van der Waals surface area contributed by atoms with Crippen LogP contribution in [-0.4, -0.2) is 24.5 Å². The lowest BCUT2D eigenvalue weighted by Crippen LogP contribution is -2.40. The number of carbonyl (C=O) groups is 1. The molecule has 0 amide bonds. The minimum absolute atomic E-state index is 0.141. The maximum atomic E-state index is 13.3. The van der Waals surface area contributed by atoms with Gasteiger partial charge in [-0.05, 0) is 41.3 Å². The van der Waals surface area contributed by atoms with Crippen LogP contribution in [0.15, 0.2) is 72.8 Å². The highest BCUT2D eigenvalue weighted by Crippen LogP contribution is 2.56. The summed E-state index contributed by atoms with van der Waals surface area (Å²) in [6.07, 6.45) is 0. The van der Waals surface area contributed by atoms with Crippen molar-refractivity contribution in [2.75, 3.05) is 13.4 Å². The minimum Gasteiger partial charge on any atom is -0.466 e. The Morgan fingerprint density at radius 2 is 1.77 bits per heavy atom. The first-order valence-corrected chi connectivity index (χ1v) is 10.1. The molecule has 0 saturated carbocycles. The van der Waals surface area contributed by atoms with Gasteiger partial charge in [-0.3, -0.25) is 4.79 Å². The highest BCUT2D eigenvalue weighted by Gasteiger charge is 2.57. The van der Waals surface area contributed by atoms with Crippen molar-refractivity contribution < 1.29 is 24.1 Å². The molecule has 5 nitrogen and oxygen atoms in total. The van der Waals surface area contributed by atoms with Gasteiger partial charge in [0.25, 0.3) is 0 Å². The Balaban J connectivity index is 1.75. The molecule has 0 saturated heterocycles. The van der Waals surface area contributed by atoms with Gasteiger partial charge in [-0.25, -0.2) is 0 Å². The van der Waals surface area contributed by atoms with Gasteiger partial charge in [0.1, 0.15) is 11.5 Å². The quantitative estimate of drug-likeness (QED) is 0.669. The third-order valence-corrected chi connectivity index (χ3v) is 6.00. The van der Waals surface area contributed by atoms with Gasteiger partial charge in [-0.1, -0.05) is 60.7 Å². The Labute approximate surface area is 174 Å². The van der Waals surface area contributed by atoms with Gasteiger partial charge in [0.2, 0.25) is 6.79 Å². The molecule has 0 radical (unpaired) electrons. The van der Waals surface area contributed by atoms with E-state index >= 15 is 0 Å². The van der Waals surface area contributed by atoms with E-state index in [1.54, 1.807) is 25.1 Å². The van der Waals surface area contributed by atoms with Gasteiger partial charge in [-0.2, -0.15) is 0 Å². The van der Waals surface area contributed by atoms with Crippen LogP contribution in [0.5, 0.6) is 11.5 Å². The minimum atomic E-state index is -1.57. The monoisotopic (exact) mass is 402 g/mol. The zero-order chi connectivity index (χ0) is 20.7. The summed E-state index contributed by atoms with van der Waals surface area (Å²) < 4.78 is 16.4. The Morgan fingerprint density at radius 3 is 2.57 bits per heavy atom. The fourth-order valence-electron chi connectivity index (χ4n) is 4.74. The standard InChI is InChI=1S/C25H22O5/c1-2-28-24(26)23-22(16-8-4-3-5-9-16)18-10-6-7-11-19(18)25(23,27)17-12-13-20-21(14-17)30-15-29-20/h3-14,22-23,27H,2,15H2,1H3. The third kappa shape index (κ3) is 2.70. The molecule has 152 valence electrons. The predicted octanol–water partition coefficient (Wildman–Crippen LogP) is 3.98. The van der Waals surface area contributed by atoms with Gasteiger partial charge in [0, 0.05) is 5.92 Å². The second kappa shape index (κ2) is 7.18. The maximum absolute atomic E-state index is 13.3. The Morgan fingerprint density at radius 1 is 1.03 bits per heavy atom. The number of hydrogen-bond donors (Lipinski definition) is 1. The molecule has 0 fully saturated rings. The Hall–Kier alpha value is -3.31. The van der Waals surface area contributed by atoms with Crippen LogP contribution in [0.4, 0.5) is 0 Å². The topological polar surface area (TPSA) is 65.0 Å². The number of hydrogen-bond acceptors (Lipinski definition) is 5. The molecule has 0 bridgehead atoms. The van der Waals surface area contributed by atoms with Crippen molar-refractivity contribution in [3.63, 3.8) is 0 Å². The van der Waals surface area contributed by atoms with Gasteiger partial charge in [0.05, 0.1) is 6.61 Å². The van der Waals surface area contributed by atoms with E-state index < -0.39 is 17.5 Å². The average molecular weight is 402 g/mol. The van der Waals surface area contributed by atoms with Crippen molar-refractivity contribution in [2.45, 2.75) is 18.4 Å². The van der Waals surface area contributed by atoms with Crippen LogP contribution in [0.2, 0.25) is 0 Å². The molecular formula is C25H22O5. The number of fused-ring (bicyclic) bond motifs is 2. The largest absolute Gasteiger partial charge is 0.466 e. The van der Waals surface area contributed by atoms with E-state index in [1.807, 2.05) is 54.6 Å². The highest BCUT2D eigenvalue weighted by atomic mass is 16.7. The lowest BCUT2D eigenvalue weighted by atomic mass is 9.76. The van der Waals surface area contributed by atoms with Gasteiger partial charge >= 0.3 is 5.97 Å². The van der Waals surface area contributed by atoms with E-state index in [1.165, 1.54) is 0 Å². The van der Waals surface area contributed by atoms with Gasteiger partial charge in [-0.15, -0.1) is 0 Å². The Bertz CT molecular complexity index is 1090. The summed E-state index contributed by atoms with van der Waals surface area (Å²) in [6.45, 7) is 2.16. The molecule has 0 aromatic heterocycles. The fourth-order valence-corrected chi connectivity index (χ4v) is 4.74. The van der Waals surface area contributed by atoms with Crippen LogP contribution in [0.25, 0.3) is 0 Å². The number of ether oxygens (including phenoxy) is 3. The van der Waals surface area contributed by atoms with E-state index in [-0.39, 0.29) is 19.3 Å². The van der Waals surface area contributed by atoms with Crippen molar-refractivity contribution >= 4 is 5.97 Å². The number of carbonyl (C=O) groups excluding carboxylic acids is 1. The number of aliphatic hydroxyl groups is 1. The van der Waals surface area contributed by atoms with Crippen molar-refractivity contribution in [1.82, 2.24) is 0 Å². The highest BCUT2D eigenvalue weighted by molar-refractivity contribution is 5.80. The molecule has 3 aromatic carbocycles. The van der Waals surface area contributed by atoms with Crippen molar-refractivity contribution in [2.24, 2.45) is 5.92 Å². The molecule has 0 spiro atoms. The second-order valence-electron chi connectivity index (χ2n) is 7.54. The van der Waals surface area contributed by atoms with Crippen LogP contribution in [-0.2, 0) is 15.1 Å². The maximum Gasteiger partial charge on any atom is 0.313 e. The number of benzene rings is 3. The first-order valence-electron chi connectivity index (χ1n) is 10.1. The normalized spacial score (nSPS) is 23.8. The molecule has 1 N–H and O–H groups in total. The lowest BCUT2D eigenvalue weighted by Gasteiger charge is -2.32. The average Bonchev–Trinajstić information content (AvgIpc) is 3.35.